The summed E-state index contributed by atoms with van der Waals surface area (Å²) in [5, 5.41) is 0. The van der Waals surface area contributed by atoms with Crippen LogP contribution >= 0.6 is 11.3 Å². The highest BCUT2D eigenvalue weighted by Gasteiger charge is 2.37. The number of carbonyl (C=O) groups excluding carboxylic acids is 3. The lowest BCUT2D eigenvalue weighted by Gasteiger charge is -2.37. The molecular formula is C29H40N2O5S. The molecule has 0 N–H and O–H groups in total. The molecule has 0 unspecified atom stereocenters. The van der Waals surface area contributed by atoms with Gasteiger partial charge in [0.25, 0.3) is 0 Å². The Morgan fingerprint density at radius 1 is 1.14 bits per heavy atom. The Hall–Kier alpha value is -2.68. The van der Waals surface area contributed by atoms with Crippen molar-refractivity contribution in [3.63, 3.8) is 0 Å². The SMILES string of the molecule is COC(=O)c1sc(C#CC(C)(C)C)cc1N(C(=O)C1CCC(C)CC1)C1CCC(=O)CC1.[C-]#[N+]COC. The molecule has 1 aromatic heterocycles. The highest BCUT2D eigenvalue weighted by Crippen LogP contribution is 2.38. The molecular weight excluding hydrogens is 488 g/mol. The van der Waals surface area contributed by atoms with Gasteiger partial charge in [-0.25, -0.2) is 11.4 Å². The molecule has 1 aromatic rings. The second-order valence-electron chi connectivity index (χ2n) is 10.8. The topological polar surface area (TPSA) is 77.3 Å². The molecule has 0 spiro atoms. The van der Waals surface area contributed by atoms with Crippen LogP contribution in [0.4, 0.5) is 5.69 Å². The van der Waals surface area contributed by atoms with Crippen molar-refractivity contribution in [3.8, 4) is 11.8 Å². The van der Waals surface area contributed by atoms with Gasteiger partial charge in [-0.15, -0.1) is 11.3 Å². The summed E-state index contributed by atoms with van der Waals surface area (Å²) in [5.41, 5.74) is 0.427. The predicted molar refractivity (Wildman–Crippen MR) is 146 cm³/mol. The Labute approximate surface area is 225 Å². The largest absolute Gasteiger partial charge is 0.465 e. The third-order valence-corrected chi connectivity index (χ3v) is 7.60. The molecule has 0 radical (unpaired) electrons. The van der Waals surface area contributed by atoms with E-state index >= 15 is 0 Å². The van der Waals surface area contributed by atoms with E-state index < -0.39 is 5.97 Å². The average Bonchev–Trinajstić information content (AvgIpc) is 3.28. The van der Waals surface area contributed by atoms with Gasteiger partial charge in [0, 0.05) is 37.3 Å². The monoisotopic (exact) mass is 528 g/mol. The minimum atomic E-state index is -0.448. The Balaban J connectivity index is 0.000000877. The number of methoxy groups -OCH3 is 2. The van der Waals surface area contributed by atoms with E-state index in [9.17, 15) is 14.4 Å². The van der Waals surface area contributed by atoms with Crippen LogP contribution in [0.1, 0.15) is 93.6 Å². The van der Waals surface area contributed by atoms with Gasteiger partial charge in [0.2, 0.25) is 5.91 Å². The van der Waals surface area contributed by atoms with Crippen LogP contribution in [-0.2, 0) is 19.1 Å². The van der Waals surface area contributed by atoms with Crippen LogP contribution in [0.5, 0.6) is 0 Å². The number of Topliss-reactive ketones (excluding diaryl/α,β-unsaturated/α-hetero) is 1. The fourth-order valence-corrected chi connectivity index (χ4v) is 5.48. The van der Waals surface area contributed by atoms with E-state index in [1.807, 2.05) is 31.7 Å². The first-order valence-corrected chi connectivity index (χ1v) is 13.7. The van der Waals surface area contributed by atoms with Crippen LogP contribution in [0.15, 0.2) is 6.07 Å². The average molecular weight is 529 g/mol. The maximum absolute atomic E-state index is 13.8. The summed E-state index contributed by atoms with van der Waals surface area (Å²) in [6, 6.07) is 1.79. The summed E-state index contributed by atoms with van der Waals surface area (Å²) < 4.78 is 9.40. The van der Waals surface area contributed by atoms with E-state index in [0.29, 0.717) is 42.2 Å². The summed E-state index contributed by atoms with van der Waals surface area (Å²) in [4.78, 5) is 44.3. The number of ketones is 1. The van der Waals surface area contributed by atoms with Gasteiger partial charge in [0.05, 0.1) is 17.7 Å². The maximum Gasteiger partial charge on any atom is 0.350 e. The van der Waals surface area contributed by atoms with Crippen molar-refractivity contribution >= 4 is 34.7 Å². The number of amides is 1. The van der Waals surface area contributed by atoms with E-state index in [4.69, 9.17) is 11.3 Å². The van der Waals surface area contributed by atoms with Gasteiger partial charge in [0.1, 0.15) is 10.7 Å². The first-order valence-electron chi connectivity index (χ1n) is 12.9. The van der Waals surface area contributed by atoms with Crippen LogP contribution in [0, 0.1) is 35.7 Å². The summed E-state index contributed by atoms with van der Waals surface area (Å²) in [6.45, 7) is 14.6. The molecule has 8 heteroatoms. The van der Waals surface area contributed by atoms with Crippen molar-refractivity contribution in [2.45, 2.75) is 85.1 Å². The first kappa shape index (κ1) is 30.5. The van der Waals surface area contributed by atoms with Crippen molar-refractivity contribution in [2.24, 2.45) is 17.3 Å². The molecule has 2 saturated carbocycles. The van der Waals surface area contributed by atoms with Crippen molar-refractivity contribution in [3.05, 3.63) is 27.2 Å². The fourth-order valence-electron chi connectivity index (χ4n) is 4.56. The van der Waals surface area contributed by atoms with E-state index in [-0.39, 0.29) is 35.8 Å². The summed E-state index contributed by atoms with van der Waals surface area (Å²) in [7, 11) is 2.86. The van der Waals surface area contributed by atoms with Crippen molar-refractivity contribution in [2.75, 3.05) is 25.9 Å². The quantitative estimate of drug-likeness (QED) is 0.262. The number of hydrogen-bond donors (Lipinski definition) is 0. The van der Waals surface area contributed by atoms with Gasteiger partial charge in [-0.3, -0.25) is 14.4 Å². The molecule has 2 aliphatic carbocycles. The fraction of sp³-hybridized carbons (Fsp3) is 0.655. The molecule has 202 valence electrons. The van der Waals surface area contributed by atoms with Crippen molar-refractivity contribution < 1.29 is 23.9 Å². The number of hydrogen-bond acceptors (Lipinski definition) is 6. The van der Waals surface area contributed by atoms with Crippen LogP contribution in [-0.4, -0.2) is 44.7 Å². The molecule has 0 aliphatic heterocycles. The van der Waals surface area contributed by atoms with Gasteiger partial charge >= 0.3 is 12.7 Å². The first-order chi connectivity index (χ1) is 17.5. The van der Waals surface area contributed by atoms with Gasteiger partial charge in [-0.1, -0.05) is 18.8 Å². The minimum Gasteiger partial charge on any atom is -0.465 e. The van der Waals surface area contributed by atoms with Crippen molar-refractivity contribution in [1.82, 2.24) is 0 Å². The zero-order valence-corrected chi connectivity index (χ0v) is 23.8. The molecule has 1 amide bonds. The summed E-state index contributed by atoms with van der Waals surface area (Å²) in [5.74, 6) is 6.88. The molecule has 3 rings (SSSR count). The van der Waals surface area contributed by atoms with Gasteiger partial charge in [-0.05, 0) is 71.3 Å². The van der Waals surface area contributed by atoms with Gasteiger partial charge < -0.3 is 14.4 Å². The molecule has 0 bridgehead atoms. The molecule has 37 heavy (non-hydrogen) atoms. The summed E-state index contributed by atoms with van der Waals surface area (Å²) >= 11 is 1.28. The van der Waals surface area contributed by atoms with E-state index in [0.717, 1.165) is 30.6 Å². The Morgan fingerprint density at radius 3 is 2.24 bits per heavy atom. The second kappa shape index (κ2) is 14.3. The molecule has 2 aliphatic rings. The number of rotatable bonds is 5. The van der Waals surface area contributed by atoms with Crippen LogP contribution in [0.3, 0.4) is 0 Å². The van der Waals surface area contributed by atoms with Crippen molar-refractivity contribution in [1.29, 1.82) is 0 Å². The number of thiophene rings is 1. The zero-order chi connectivity index (χ0) is 27.6. The van der Waals surface area contributed by atoms with Crippen LogP contribution < -0.4 is 4.90 Å². The van der Waals surface area contributed by atoms with Gasteiger partial charge in [-0.2, -0.15) is 0 Å². The normalized spacial score (nSPS) is 20.0. The number of nitrogens with zero attached hydrogens (tertiary/aromatic N) is 2. The molecule has 7 nitrogen and oxygen atoms in total. The summed E-state index contributed by atoms with van der Waals surface area (Å²) in [6.07, 6.45) is 6.05. The third kappa shape index (κ3) is 9.29. The van der Waals surface area contributed by atoms with Crippen LogP contribution in [0.25, 0.3) is 4.85 Å². The lowest BCUT2D eigenvalue weighted by Crippen LogP contribution is -2.46. The number of anilines is 1. The third-order valence-electron chi connectivity index (χ3n) is 6.58. The highest BCUT2D eigenvalue weighted by molar-refractivity contribution is 7.15. The van der Waals surface area contributed by atoms with E-state index in [2.05, 4.69) is 28.3 Å². The van der Waals surface area contributed by atoms with Crippen LogP contribution in [0.2, 0.25) is 0 Å². The highest BCUT2D eigenvalue weighted by atomic mass is 32.1. The number of ether oxygens (including phenoxy) is 2. The second-order valence-corrected chi connectivity index (χ2v) is 11.9. The maximum atomic E-state index is 13.8. The minimum absolute atomic E-state index is 0.0432. The Kier molecular flexibility index (Phi) is 11.8. The molecule has 0 atom stereocenters. The zero-order valence-electron chi connectivity index (χ0n) is 23.0. The van der Waals surface area contributed by atoms with Gasteiger partial charge in [0.15, 0.2) is 0 Å². The standard InChI is InChI=1S/C26H35NO4S.C3H5NO/c1-17-6-8-18(9-7-17)24(29)27(19-10-12-20(28)13-11-19)22-16-21(14-15-26(2,3)4)32-23(22)25(30)31-5;1-4-3-5-2/h16-19H,6-13H2,1-5H3;3H2,2H3. The lowest BCUT2D eigenvalue weighted by atomic mass is 9.81. The van der Waals surface area contributed by atoms with E-state index in [1.54, 1.807) is 0 Å². The lowest BCUT2D eigenvalue weighted by molar-refractivity contribution is -0.125. The Bertz CT molecular complexity index is 1040. The molecule has 1 heterocycles. The number of esters is 1. The molecule has 2 fully saturated rings. The smallest absolute Gasteiger partial charge is 0.350 e. The molecule has 0 saturated heterocycles. The van der Waals surface area contributed by atoms with E-state index in [1.165, 1.54) is 25.6 Å². The predicted octanol–water partition coefficient (Wildman–Crippen LogP) is 6.11. The Morgan fingerprint density at radius 2 is 1.76 bits per heavy atom. The number of carbonyl (C=O) groups is 3. The molecule has 0 aromatic carbocycles.